The Hall–Kier alpha value is -0.0151. The van der Waals surface area contributed by atoms with Crippen LogP contribution in [0.1, 0.15) is 47.0 Å². The highest BCUT2D eigenvalue weighted by Gasteiger charge is 2.39. The standard InChI is InChI=1S/C17H32BFN2O4P2/c1-12(2)21(13(3)4)26(23-9-7-8-20)25-15-10-14(24-17(15)18)11-16(19)27(5,6)22/h12-17H,7,9-11H2,1-6H3/t14-,15-,16?,17+,26?/m0/s1. The Labute approximate surface area is 165 Å². The van der Waals surface area contributed by atoms with Gasteiger partial charge in [-0.05, 0) is 41.0 Å². The lowest BCUT2D eigenvalue weighted by molar-refractivity contribution is 0.0506. The number of halogens is 1. The summed E-state index contributed by atoms with van der Waals surface area (Å²) in [5.74, 6) is -1.41. The first-order valence-electron chi connectivity index (χ1n) is 9.32. The number of ether oxygens (including phenoxy) is 1. The first-order valence-corrected chi connectivity index (χ1v) is 13.1. The molecular weight excluding hydrogens is 388 g/mol. The van der Waals surface area contributed by atoms with E-state index >= 15 is 0 Å². The molecule has 0 N–H and O–H groups in total. The molecule has 2 unspecified atom stereocenters. The van der Waals surface area contributed by atoms with Crippen LogP contribution in [0.4, 0.5) is 4.39 Å². The number of hydrogen-bond donors (Lipinski definition) is 0. The molecule has 0 aromatic carbocycles. The minimum Gasteiger partial charge on any atom is -0.382 e. The summed E-state index contributed by atoms with van der Waals surface area (Å²) in [7, 11) is 1.79. The van der Waals surface area contributed by atoms with Crippen LogP contribution in [-0.4, -0.2) is 68.7 Å². The zero-order valence-corrected chi connectivity index (χ0v) is 19.0. The first-order chi connectivity index (χ1) is 12.5. The normalized spacial score (nSPS) is 25.9. The fourth-order valence-electron chi connectivity index (χ4n) is 2.89. The van der Waals surface area contributed by atoms with Gasteiger partial charge in [0.15, 0.2) is 5.91 Å². The molecule has 1 heterocycles. The van der Waals surface area contributed by atoms with E-state index in [2.05, 4.69) is 10.7 Å². The second-order valence-corrected chi connectivity index (χ2v) is 12.6. The van der Waals surface area contributed by atoms with Gasteiger partial charge >= 0.3 is 0 Å². The van der Waals surface area contributed by atoms with Crippen LogP contribution in [-0.2, 0) is 18.3 Å². The third-order valence-electron chi connectivity index (χ3n) is 4.23. The maximum atomic E-state index is 14.1. The molecule has 1 aliphatic rings. The highest BCUT2D eigenvalue weighted by molar-refractivity contribution is 7.62. The molecule has 1 rings (SSSR count). The summed E-state index contributed by atoms with van der Waals surface area (Å²) in [6.07, 6.45) is -0.137. The van der Waals surface area contributed by atoms with Crippen LogP contribution in [0.25, 0.3) is 0 Å². The van der Waals surface area contributed by atoms with Gasteiger partial charge in [0.1, 0.15) is 15.0 Å². The van der Waals surface area contributed by atoms with Crippen molar-refractivity contribution in [2.45, 2.75) is 83.2 Å². The molecule has 0 aromatic rings. The van der Waals surface area contributed by atoms with Crippen LogP contribution in [0.3, 0.4) is 0 Å². The highest BCUT2D eigenvalue weighted by Crippen LogP contribution is 2.50. The van der Waals surface area contributed by atoms with E-state index in [1.165, 1.54) is 13.3 Å². The van der Waals surface area contributed by atoms with Gasteiger partial charge in [-0.25, -0.2) is 9.06 Å². The summed E-state index contributed by atoms with van der Waals surface area (Å²) in [4.78, 5) is 0. The third kappa shape index (κ3) is 8.09. The van der Waals surface area contributed by atoms with Crippen molar-refractivity contribution in [3.8, 4) is 6.07 Å². The van der Waals surface area contributed by atoms with Gasteiger partial charge in [0.05, 0.1) is 31.3 Å². The molecule has 6 nitrogen and oxygen atoms in total. The van der Waals surface area contributed by atoms with Crippen molar-refractivity contribution < 1.29 is 22.7 Å². The molecule has 1 fully saturated rings. The lowest BCUT2D eigenvalue weighted by atomic mass is 9.94. The number of rotatable bonds is 11. The monoisotopic (exact) mass is 420 g/mol. The molecule has 2 radical (unpaired) electrons. The minimum absolute atomic E-state index is 0.0448. The molecule has 154 valence electrons. The number of nitriles is 1. The maximum Gasteiger partial charge on any atom is 0.259 e. The summed E-state index contributed by atoms with van der Waals surface area (Å²) < 4.78 is 45.8. The van der Waals surface area contributed by atoms with Crippen LogP contribution in [0.5, 0.6) is 0 Å². The Morgan fingerprint density at radius 3 is 2.44 bits per heavy atom. The van der Waals surface area contributed by atoms with Crippen molar-refractivity contribution in [1.29, 1.82) is 5.26 Å². The smallest absolute Gasteiger partial charge is 0.259 e. The van der Waals surface area contributed by atoms with E-state index in [4.69, 9.17) is 26.9 Å². The Bertz CT molecular complexity index is 536. The van der Waals surface area contributed by atoms with Crippen molar-refractivity contribution in [3.05, 3.63) is 0 Å². The van der Waals surface area contributed by atoms with Gasteiger partial charge in [-0.2, -0.15) is 5.26 Å². The van der Waals surface area contributed by atoms with Crippen molar-refractivity contribution in [3.63, 3.8) is 0 Å². The van der Waals surface area contributed by atoms with Crippen LogP contribution < -0.4 is 0 Å². The fraction of sp³-hybridized carbons (Fsp3) is 0.941. The lowest BCUT2D eigenvalue weighted by Crippen LogP contribution is -2.36. The summed E-state index contributed by atoms with van der Waals surface area (Å²) >= 11 is 0. The molecule has 0 bridgehead atoms. The Kier molecular flexibility index (Phi) is 10.4. The molecule has 5 atom stereocenters. The fourth-order valence-corrected chi connectivity index (χ4v) is 5.38. The summed E-state index contributed by atoms with van der Waals surface area (Å²) in [6, 6.07) is 1.72. The van der Waals surface area contributed by atoms with Gasteiger partial charge in [-0.3, -0.25) is 0 Å². The Morgan fingerprint density at radius 1 is 1.37 bits per heavy atom. The zero-order chi connectivity index (χ0) is 20.8. The van der Waals surface area contributed by atoms with Crippen LogP contribution >= 0.6 is 15.7 Å². The van der Waals surface area contributed by atoms with E-state index in [-0.39, 0.29) is 31.5 Å². The second-order valence-electron chi connectivity index (χ2n) is 7.75. The third-order valence-corrected chi connectivity index (χ3v) is 7.95. The van der Waals surface area contributed by atoms with E-state index in [0.29, 0.717) is 6.42 Å². The number of hydrogen-bond acceptors (Lipinski definition) is 6. The Balaban J connectivity index is 2.79. The minimum atomic E-state index is -2.82. The van der Waals surface area contributed by atoms with Gasteiger partial charge in [0, 0.05) is 30.9 Å². The molecule has 27 heavy (non-hydrogen) atoms. The topological polar surface area (TPSA) is 71.8 Å². The summed E-state index contributed by atoms with van der Waals surface area (Å²) in [5.41, 5.74) is 0. The Morgan fingerprint density at radius 2 is 1.96 bits per heavy atom. The van der Waals surface area contributed by atoms with E-state index < -0.39 is 39.8 Å². The van der Waals surface area contributed by atoms with Gasteiger partial charge < -0.3 is 18.3 Å². The molecule has 0 aliphatic carbocycles. The predicted molar refractivity (Wildman–Crippen MR) is 108 cm³/mol. The highest BCUT2D eigenvalue weighted by atomic mass is 31.2. The lowest BCUT2D eigenvalue weighted by Gasteiger charge is -2.37. The van der Waals surface area contributed by atoms with Crippen molar-refractivity contribution in [2.24, 2.45) is 0 Å². The molecule has 1 saturated heterocycles. The van der Waals surface area contributed by atoms with Crippen LogP contribution in [0, 0.1) is 11.3 Å². The number of alkyl halides is 1. The summed E-state index contributed by atoms with van der Waals surface area (Å²) in [6.45, 7) is 11.3. The average molecular weight is 420 g/mol. The predicted octanol–water partition coefficient (Wildman–Crippen LogP) is 4.24. The molecule has 0 saturated carbocycles. The number of nitrogens with zero attached hydrogens (tertiary/aromatic N) is 2. The van der Waals surface area contributed by atoms with E-state index in [9.17, 15) is 8.96 Å². The average Bonchev–Trinajstić information content (AvgIpc) is 2.85. The molecule has 0 spiro atoms. The van der Waals surface area contributed by atoms with E-state index in [0.717, 1.165) is 0 Å². The molecule has 0 amide bonds. The maximum absolute atomic E-state index is 14.1. The molecule has 1 aliphatic heterocycles. The SMILES string of the molecule is [B][C@@H]1O[C@H](CC(F)P(C)(C)=O)C[C@@H]1OP(OCCC#N)N(C(C)C)C(C)C. The van der Waals surface area contributed by atoms with Crippen molar-refractivity contribution in [1.82, 2.24) is 4.67 Å². The quantitative estimate of drug-likeness (QED) is 0.283. The second kappa shape index (κ2) is 11.2. The van der Waals surface area contributed by atoms with Gasteiger partial charge in [0.25, 0.3) is 8.53 Å². The largest absolute Gasteiger partial charge is 0.382 e. The molecule has 10 heteroatoms. The van der Waals surface area contributed by atoms with Crippen molar-refractivity contribution >= 4 is 23.5 Å². The van der Waals surface area contributed by atoms with E-state index in [1.807, 2.05) is 27.7 Å². The summed E-state index contributed by atoms with van der Waals surface area (Å²) in [5, 5.41) is 8.77. The van der Waals surface area contributed by atoms with Crippen LogP contribution in [0.15, 0.2) is 0 Å². The van der Waals surface area contributed by atoms with E-state index in [1.54, 1.807) is 0 Å². The molecule has 0 aromatic heterocycles. The van der Waals surface area contributed by atoms with Crippen molar-refractivity contribution in [2.75, 3.05) is 19.9 Å². The van der Waals surface area contributed by atoms with Gasteiger partial charge in [-0.1, -0.05) is 0 Å². The first kappa shape index (κ1) is 25.0. The zero-order valence-electron chi connectivity index (χ0n) is 17.2. The molecular formula is C17H32BFN2O4P2. The van der Waals surface area contributed by atoms with Crippen LogP contribution in [0.2, 0.25) is 0 Å². The van der Waals surface area contributed by atoms with Gasteiger partial charge in [0.2, 0.25) is 0 Å². The van der Waals surface area contributed by atoms with Gasteiger partial charge in [-0.15, -0.1) is 0 Å².